The Kier molecular flexibility index (Phi) is 48.9. The number of allylic oxidation sites excluding steroid dienone is 6. The lowest BCUT2D eigenvalue weighted by molar-refractivity contribution is 0.141. The Balaban J connectivity index is -0.000000127. The summed E-state index contributed by atoms with van der Waals surface area (Å²) in [6.07, 6.45) is 26.8. The van der Waals surface area contributed by atoms with Crippen molar-refractivity contribution in [3.8, 4) is 18.9 Å². The molecule has 1 aliphatic rings. The fourth-order valence-corrected chi connectivity index (χ4v) is 4.99. The van der Waals surface area contributed by atoms with Crippen molar-refractivity contribution in [2.45, 2.75) is 181 Å². The van der Waals surface area contributed by atoms with E-state index in [4.69, 9.17) is 5.26 Å². The van der Waals surface area contributed by atoms with E-state index >= 15 is 0 Å². The molecular weight excluding hydrogens is 629 g/mol. The number of hydrogen-bond donors (Lipinski definition) is 0. The first-order valence-electron chi connectivity index (χ1n) is 20.1. The number of rotatable bonds is 12. The fourth-order valence-electron chi connectivity index (χ4n) is 4.99. The van der Waals surface area contributed by atoms with E-state index in [0.29, 0.717) is 0 Å². The number of hydrogen-bond acceptors (Lipinski definition) is 2. The quantitative estimate of drug-likeness (QED) is 0.122. The molecule has 298 valence electrons. The van der Waals surface area contributed by atoms with Crippen molar-refractivity contribution >= 4 is 6.08 Å². The van der Waals surface area contributed by atoms with E-state index in [-0.39, 0.29) is 5.54 Å². The second kappa shape index (κ2) is 41.9. The first-order valence-corrected chi connectivity index (χ1v) is 20.1. The Morgan fingerprint density at radius 1 is 0.865 bits per heavy atom. The summed E-state index contributed by atoms with van der Waals surface area (Å²) in [4.78, 5) is 2.39. The second-order valence-corrected chi connectivity index (χ2v) is 13.2. The maximum atomic E-state index is 8.52. The van der Waals surface area contributed by atoms with Crippen molar-refractivity contribution in [3.05, 3.63) is 101 Å². The molecule has 0 saturated carbocycles. The first kappa shape index (κ1) is 60.6. The van der Waals surface area contributed by atoms with Crippen LogP contribution < -0.4 is 0 Å². The van der Waals surface area contributed by atoms with Crippen molar-refractivity contribution < 1.29 is 0 Å². The number of nitrogens with zero attached hydrogens (tertiary/aromatic N) is 2. The average molecular weight is 717 g/mol. The molecule has 0 N–H and O–H groups in total. The molecule has 0 atom stereocenters. The van der Waals surface area contributed by atoms with Gasteiger partial charge in [0.25, 0.3) is 0 Å². The standard InChI is InChI=1S/C13H25N.C11H14.C8H9N.C8H18.C4H8.2C2H6.C2H2/c1-7-11-14(12(5)8-2)13(6,9-3)10-4;1-5-11-7-9(3)8(2)6-10(11)4;1-7-4-2-3-5-8(7)6-9;1-4-6-8(3)7-5-2;1-4(2)3;3*1-2/h8H,2,5,7,9-11H2,1,3-4,6H3;5-7H,1H2,2-4H3;2,4H,3,5H2,1H3;8H,4-7H2,1-3H3;1H2,2-3H3;2*1-2H3;1-2H. The monoisotopic (exact) mass is 717 g/mol. The average Bonchev–Trinajstić information content (AvgIpc) is 3.15. The van der Waals surface area contributed by atoms with Crippen LogP contribution in [0.4, 0.5) is 0 Å². The van der Waals surface area contributed by atoms with Gasteiger partial charge in [-0.25, -0.2) is 0 Å². The molecule has 0 unspecified atom stereocenters. The van der Waals surface area contributed by atoms with Gasteiger partial charge in [-0.1, -0.05) is 151 Å². The van der Waals surface area contributed by atoms with Crippen LogP contribution in [0.1, 0.15) is 177 Å². The highest BCUT2D eigenvalue weighted by Gasteiger charge is 2.27. The number of nitriles is 1. The lowest BCUT2D eigenvalue weighted by Crippen LogP contribution is -2.44. The van der Waals surface area contributed by atoms with Crippen LogP contribution in [0.5, 0.6) is 0 Å². The zero-order valence-corrected chi connectivity index (χ0v) is 38.0. The Labute approximate surface area is 329 Å². The van der Waals surface area contributed by atoms with Gasteiger partial charge in [0.1, 0.15) is 0 Å². The van der Waals surface area contributed by atoms with Gasteiger partial charge in [-0.15, -0.1) is 19.4 Å². The summed E-state index contributed by atoms with van der Waals surface area (Å²) in [6.45, 7) is 52.4. The molecule has 1 aliphatic carbocycles. The van der Waals surface area contributed by atoms with E-state index in [0.717, 1.165) is 61.4 Å². The summed E-state index contributed by atoms with van der Waals surface area (Å²) < 4.78 is 0. The van der Waals surface area contributed by atoms with E-state index in [1.165, 1.54) is 53.5 Å². The van der Waals surface area contributed by atoms with Crippen molar-refractivity contribution in [2.24, 2.45) is 5.92 Å². The summed E-state index contributed by atoms with van der Waals surface area (Å²) in [7, 11) is 0. The van der Waals surface area contributed by atoms with Gasteiger partial charge >= 0.3 is 0 Å². The number of terminal acetylenes is 1. The minimum atomic E-state index is 0.237. The van der Waals surface area contributed by atoms with Crippen LogP contribution in [0.25, 0.3) is 6.08 Å². The van der Waals surface area contributed by atoms with Crippen LogP contribution in [-0.2, 0) is 0 Å². The Bertz CT molecular complexity index is 1150. The predicted molar refractivity (Wildman–Crippen MR) is 245 cm³/mol. The summed E-state index contributed by atoms with van der Waals surface area (Å²) in [5, 5.41) is 8.52. The molecule has 0 bridgehead atoms. The molecule has 0 amide bonds. The Hall–Kier alpha value is -3.49. The largest absolute Gasteiger partial charge is 0.367 e. The molecule has 0 fully saturated rings. The maximum Gasteiger partial charge on any atom is 0.0949 e. The first-order chi connectivity index (χ1) is 24.6. The van der Waals surface area contributed by atoms with Crippen LogP contribution in [0.2, 0.25) is 0 Å². The SMILES string of the molecule is C#C.C=C(C)C.C=CC(=C)N(CCC)C(C)(CC)CC.C=Cc1cc(C)c(C)cc1C.CC.CC.CC1=C(C#N)CCC=C1.CCCC(C)CCC. The van der Waals surface area contributed by atoms with Gasteiger partial charge in [-0.05, 0) is 120 Å². The molecule has 0 heterocycles. The van der Waals surface area contributed by atoms with E-state index in [1.54, 1.807) is 0 Å². The summed E-state index contributed by atoms with van der Waals surface area (Å²) >= 11 is 0. The third kappa shape index (κ3) is 32.4. The van der Waals surface area contributed by atoms with E-state index in [2.05, 4.69) is 138 Å². The molecule has 2 rings (SSSR count). The van der Waals surface area contributed by atoms with Crippen LogP contribution in [0, 0.1) is 50.9 Å². The zero-order valence-electron chi connectivity index (χ0n) is 38.0. The highest BCUT2D eigenvalue weighted by Crippen LogP contribution is 2.27. The van der Waals surface area contributed by atoms with Crippen LogP contribution in [0.3, 0.4) is 0 Å². The Morgan fingerprint density at radius 2 is 1.31 bits per heavy atom. The number of aryl methyl sites for hydroxylation is 3. The molecule has 0 radical (unpaired) electrons. The van der Waals surface area contributed by atoms with Gasteiger partial charge < -0.3 is 4.90 Å². The smallest absolute Gasteiger partial charge is 0.0949 e. The van der Waals surface area contributed by atoms with Gasteiger partial charge in [0, 0.05) is 23.4 Å². The normalized spacial score (nSPS) is 10.5. The second-order valence-electron chi connectivity index (χ2n) is 13.2. The minimum absolute atomic E-state index is 0.237. The minimum Gasteiger partial charge on any atom is -0.367 e. The summed E-state index contributed by atoms with van der Waals surface area (Å²) in [6, 6.07) is 6.56. The fraction of sp³-hybridized carbons (Fsp3) is 0.580. The lowest BCUT2D eigenvalue weighted by Gasteiger charge is -2.42. The molecular formula is C50H88N2. The topological polar surface area (TPSA) is 27.0 Å². The van der Waals surface area contributed by atoms with Gasteiger partial charge in [0.15, 0.2) is 0 Å². The van der Waals surface area contributed by atoms with E-state index in [9.17, 15) is 0 Å². The van der Waals surface area contributed by atoms with Crippen LogP contribution in [0.15, 0.2) is 79.1 Å². The van der Waals surface area contributed by atoms with Crippen molar-refractivity contribution in [1.29, 1.82) is 5.26 Å². The van der Waals surface area contributed by atoms with Gasteiger partial charge in [-0.3, -0.25) is 0 Å². The maximum absolute atomic E-state index is 8.52. The zero-order chi connectivity index (χ0) is 42.3. The Morgan fingerprint density at radius 3 is 1.62 bits per heavy atom. The molecule has 1 aromatic carbocycles. The molecule has 0 spiro atoms. The molecule has 2 heteroatoms. The van der Waals surface area contributed by atoms with Crippen LogP contribution >= 0.6 is 0 Å². The third-order valence-corrected chi connectivity index (χ3v) is 8.41. The molecule has 0 saturated heterocycles. The van der Waals surface area contributed by atoms with Crippen LogP contribution in [-0.4, -0.2) is 17.0 Å². The van der Waals surface area contributed by atoms with Gasteiger partial charge in [0.05, 0.1) is 6.07 Å². The summed E-state index contributed by atoms with van der Waals surface area (Å²) in [5.74, 6) is 0.963. The van der Waals surface area contributed by atoms with Crippen molar-refractivity contribution in [1.82, 2.24) is 4.90 Å². The third-order valence-electron chi connectivity index (χ3n) is 8.41. The molecule has 1 aromatic rings. The molecule has 0 aliphatic heterocycles. The molecule has 2 nitrogen and oxygen atoms in total. The van der Waals surface area contributed by atoms with E-state index in [1.807, 2.05) is 66.7 Å². The van der Waals surface area contributed by atoms with Crippen molar-refractivity contribution in [3.63, 3.8) is 0 Å². The van der Waals surface area contributed by atoms with Crippen molar-refractivity contribution in [2.75, 3.05) is 6.54 Å². The highest BCUT2D eigenvalue weighted by molar-refractivity contribution is 5.54. The predicted octanol–water partition coefficient (Wildman–Crippen LogP) is 16.5. The molecule has 0 aromatic heterocycles. The highest BCUT2D eigenvalue weighted by atomic mass is 15.2. The number of benzene rings is 1. The van der Waals surface area contributed by atoms with Gasteiger partial charge in [0.2, 0.25) is 0 Å². The molecule has 52 heavy (non-hydrogen) atoms. The van der Waals surface area contributed by atoms with E-state index < -0.39 is 0 Å². The van der Waals surface area contributed by atoms with Gasteiger partial charge in [-0.2, -0.15) is 5.26 Å². The summed E-state index contributed by atoms with van der Waals surface area (Å²) in [5.41, 5.74) is 9.77. The lowest BCUT2D eigenvalue weighted by atomic mass is 9.92.